The lowest BCUT2D eigenvalue weighted by atomic mass is 10.2. The summed E-state index contributed by atoms with van der Waals surface area (Å²) >= 11 is 3.81. The van der Waals surface area contributed by atoms with E-state index in [-0.39, 0.29) is 0 Å². The van der Waals surface area contributed by atoms with E-state index in [4.69, 9.17) is 0 Å². The van der Waals surface area contributed by atoms with Crippen molar-refractivity contribution in [2.45, 2.75) is 41.4 Å². The van der Waals surface area contributed by atoms with Gasteiger partial charge >= 0.3 is 0 Å². The van der Waals surface area contributed by atoms with Gasteiger partial charge in [-0.25, -0.2) is 0 Å². The van der Waals surface area contributed by atoms with Crippen molar-refractivity contribution in [3.8, 4) is 0 Å². The Kier molecular flexibility index (Phi) is 4.81. The maximum absolute atomic E-state index is 2.50. The highest BCUT2D eigenvalue weighted by atomic mass is 32.2. The van der Waals surface area contributed by atoms with E-state index in [2.05, 4.69) is 61.2 Å². The number of unbranched alkanes of at least 4 members (excludes halogenated alkanes) is 1. The summed E-state index contributed by atoms with van der Waals surface area (Å²) in [5, 5.41) is 0. The van der Waals surface area contributed by atoms with Crippen LogP contribution in [-0.2, 0) is 0 Å². The minimum atomic E-state index is 1.10. The normalized spacial score (nSPS) is 13.0. The smallest absolute Gasteiger partial charge is 0.0564 e. The molecule has 0 N–H and O–H groups in total. The second kappa shape index (κ2) is 6.80. The molecule has 2 aromatic carbocycles. The lowest BCUT2D eigenvalue weighted by Crippen LogP contribution is -2.21. The van der Waals surface area contributed by atoms with Gasteiger partial charge in [-0.3, -0.25) is 0 Å². The Bertz CT molecular complexity index is 624. The van der Waals surface area contributed by atoms with Gasteiger partial charge in [0.25, 0.3) is 0 Å². The Balaban J connectivity index is 2.02. The van der Waals surface area contributed by atoms with Crippen LogP contribution in [0.3, 0.4) is 0 Å². The first-order chi connectivity index (χ1) is 10.3. The topological polar surface area (TPSA) is 3.24 Å². The second-order valence-corrected chi connectivity index (χ2v) is 7.56. The number of fused-ring (bicyclic) bond motifs is 2. The van der Waals surface area contributed by atoms with Crippen LogP contribution >= 0.6 is 23.5 Å². The van der Waals surface area contributed by atoms with Crippen LogP contribution in [0.25, 0.3) is 0 Å². The van der Waals surface area contributed by atoms with Crippen LogP contribution in [0, 0.1) is 0 Å². The molecule has 2 aromatic rings. The van der Waals surface area contributed by atoms with E-state index < -0.39 is 0 Å². The van der Waals surface area contributed by atoms with E-state index in [9.17, 15) is 0 Å². The number of para-hydroxylation sites is 1. The fraction of sp³-hybridized carbons (Fsp3) is 0.333. The van der Waals surface area contributed by atoms with Crippen LogP contribution in [0.15, 0.2) is 57.2 Å². The number of benzene rings is 2. The monoisotopic (exact) mass is 315 g/mol. The van der Waals surface area contributed by atoms with Gasteiger partial charge in [0.2, 0.25) is 0 Å². The maximum Gasteiger partial charge on any atom is 0.0564 e. The van der Waals surface area contributed by atoms with Gasteiger partial charge in [0.1, 0.15) is 0 Å². The van der Waals surface area contributed by atoms with Crippen molar-refractivity contribution in [1.82, 2.24) is 0 Å². The van der Waals surface area contributed by atoms with Crippen LogP contribution in [0.1, 0.15) is 26.7 Å². The summed E-state index contributed by atoms with van der Waals surface area (Å²) in [6.45, 7) is 5.57. The zero-order valence-corrected chi connectivity index (χ0v) is 14.3. The van der Waals surface area contributed by atoms with Gasteiger partial charge in [0.05, 0.1) is 11.4 Å². The molecule has 1 aliphatic heterocycles. The summed E-state index contributed by atoms with van der Waals surface area (Å²) in [5.74, 6) is 1.12. The van der Waals surface area contributed by atoms with Crippen molar-refractivity contribution >= 4 is 34.9 Å². The molecule has 0 atom stereocenters. The molecule has 0 spiro atoms. The molecule has 1 aliphatic rings. The van der Waals surface area contributed by atoms with Gasteiger partial charge in [-0.2, -0.15) is 0 Å². The van der Waals surface area contributed by atoms with Crippen molar-refractivity contribution in [3.63, 3.8) is 0 Å². The first kappa shape index (κ1) is 14.9. The van der Waals surface area contributed by atoms with E-state index >= 15 is 0 Å². The zero-order chi connectivity index (χ0) is 14.7. The van der Waals surface area contributed by atoms with Crippen molar-refractivity contribution < 1.29 is 0 Å². The molecule has 0 fully saturated rings. The number of anilines is 2. The molecule has 110 valence electrons. The molecule has 0 aromatic heterocycles. The lowest BCUT2D eigenvalue weighted by molar-refractivity contribution is 0.776. The van der Waals surface area contributed by atoms with Crippen LogP contribution in [0.5, 0.6) is 0 Å². The molecule has 0 saturated heterocycles. The van der Waals surface area contributed by atoms with Crippen molar-refractivity contribution in [2.75, 3.05) is 17.2 Å². The van der Waals surface area contributed by atoms with E-state index in [1.54, 1.807) is 0 Å². The summed E-state index contributed by atoms with van der Waals surface area (Å²) in [7, 11) is 0. The van der Waals surface area contributed by atoms with Gasteiger partial charge in [-0.1, -0.05) is 44.2 Å². The Labute approximate surface area is 136 Å². The minimum Gasteiger partial charge on any atom is -0.340 e. The van der Waals surface area contributed by atoms with Gasteiger partial charge in [0, 0.05) is 21.2 Å². The zero-order valence-electron chi connectivity index (χ0n) is 12.6. The lowest BCUT2D eigenvalue weighted by Gasteiger charge is -2.33. The molecule has 0 bridgehead atoms. The van der Waals surface area contributed by atoms with Crippen LogP contribution in [-0.4, -0.2) is 12.3 Å². The van der Waals surface area contributed by atoms with Crippen LogP contribution in [0.4, 0.5) is 11.4 Å². The molecule has 3 rings (SSSR count). The average molecular weight is 316 g/mol. The van der Waals surface area contributed by atoms with Crippen molar-refractivity contribution in [3.05, 3.63) is 42.5 Å². The maximum atomic E-state index is 2.50. The van der Waals surface area contributed by atoms with E-state index in [1.165, 1.54) is 38.9 Å². The molecule has 21 heavy (non-hydrogen) atoms. The largest absolute Gasteiger partial charge is 0.340 e. The third-order valence-electron chi connectivity index (χ3n) is 3.64. The van der Waals surface area contributed by atoms with Crippen molar-refractivity contribution in [2.24, 2.45) is 0 Å². The highest BCUT2D eigenvalue weighted by molar-refractivity contribution is 8.00. The molecule has 0 amide bonds. The van der Waals surface area contributed by atoms with E-state index in [0.717, 1.165) is 12.3 Å². The van der Waals surface area contributed by atoms with Crippen LogP contribution < -0.4 is 4.90 Å². The summed E-state index contributed by atoms with van der Waals surface area (Å²) in [4.78, 5) is 6.63. The van der Waals surface area contributed by atoms with Crippen molar-refractivity contribution in [1.29, 1.82) is 0 Å². The predicted octanol–water partition coefficient (Wildman–Crippen LogP) is 6.20. The Hall–Kier alpha value is -1.06. The SMILES string of the molecule is CCCCN1c2ccccc2Sc2ccc(SCC)cc21. The molecule has 0 radical (unpaired) electrons. The number of hydrogen-bond donors (Lipinski definition) is 0. The number of rotatable bonds is 5. The molecular formula is C18H21NS2. The third-order valence-corrected chi connectivity index (χ3v) is 5.65. The fourth-order valence-electron chi connectivity index (χ4n) is 2.62. The number of nitrogens with zero attached hydrogens (tertiary/aromatic N) is 1. The molecule has 1 nitrogen and oxygen atoms in total. The van der Waals surface area contributed by atoms with E-state index in [0.29, 0.717) is 0 Å². The summed E-state index contributed by atoms with van der Waals surface area (Å²) < 4.78 is 0. The summed E-state index contributed by atoms with van der Waals surface area (Å²) in [6.07, 6.45) is 2.45. The predicted molar refractivity (Wildman–Crippen MR) is 95.3 cm³/mol. The highest BCUT2D eigenvalue weighted by Gasteiger charge is 2.22. The van der Waals surface area contributed by atoms with Gasteiger partial charge in [-0.15, -0.1) is 11.8 Å². The second-order valence-electron chi connectivity index (χ2n) is 5.14. The summed E-state index contributed by atoms with van der Waals surface area (Å²) in [5.41, 5.74) is 2.74. The molecule has 0 saturated carbocycles. The first-order valence-corrected chi connectivity index (χ1v) is 9.45. The number of hydrogen-bond acceptors (Lipinski definition) is 3. The van der Waals surface area contributed by atoms with E-state index in [1.807, 2.05) is 23.5 Å². The average Bonchev–Trinajstić information content (AvgIpc) is 2.52. The minimum absolute atomic E-state index is 1.10. The Morgan fingerprint density at radius 1 is 1.00 bits per heavy atom. The first-order valence-electron chi connectivity index (χ1n) is 7.64. The fourth-order valence-corrected chi connectivity index (χ4v) is 4.39. The standard InChI is InChI=1S/C18H21NS2/c1-3-5-12-19-15-8-6-7-9-17(15)21-18-11-10-14(20-4-2)13-16(18)19/h6-11,13H,3-5,12H2,1-2H3. The summed E-state index contributed by atoms with van der Waals surface area (Å²) in [6, 6.07) is 15.7. The van der Waals surface area contributed by atoms with Gasteiger partial charge in [0.15, 0.2) is 0 Å². The Morgan fingerprint density at radius 2 is 1.81 bits per heavy atom. The molecular weight excluding hydrogens is 294 g/mol. The van der Waals surface area contributed by atoms with Gasteiger partial charge < -0.3 is 4.90 Å². The molecule has 0 aliphatic carbocycles. The van der Waals surface area contributed by atoms with Gasteiger partial charge in [-0.05, 0) is 42.5 Å². The molecule has 3 heteroatoms. The highest BCUT2D eigenvalue weighted by Crippen LogP contribution is 2.48. The Morgan fingerprint density at radius 3 is 2.62 bits per heavy atom. The van der Waals surface area contributed by atoms with Crippen LogP contribution in [0.2, 0.25) is 0 Å². The number of thioether (sulfide) groups is 1. The molecule has 0 unspecified atom stereocenters. The third kappa shape index (κ3) is 3.09. The quantitative estimate of drug-likeness (QED) is 0.605. The molecule has 1 heterocycles.